The number of ether oxygens (including phenoxy) is 3. The van der Waals surface area contributed by atoms with Gasteiger partial charge in [-0.25, -0.2) is 0 Å². The van der Waals surface area contributed by atoms with Crippen molar-refractivity contribution < 1.29 is 14.2 Å². The van der Waals surface area contributed by atoms with Crippen molar-refractivity contribution in [1.29, 1.82) is 0 Å². The molecule has 32 heavy (non-hydrogen) atoms. The molecule has 4 aliphatic rings. The van der Waals surface area contributed by atoms with Crippen molar-refractivity contribution in [1.82, 2.24) is 10.6 Å². The van der Waals surface area contributed by atoms with E-state index >= 15 is 0 Å². The Morgan fingerprint density at radius 3 is 2.81 bits per heavy atom. The minimum absolute atomic E-state index is 0. The van der Waals surface area contributed by atoms with Crippen molar-refractivity contribution in [3.05, 3.63) is 29.3 Å². The number of rotatable bonds is 6. The number of guanidine groups is 1. The molecule has 1 aromatic carbocycles. The second-order valence-corrected chi connectivity index (χ2v) is 9.88. The Bertz CT molecular complexity index is 806. The second-order valence-electron chi connectivity index (χ2n) is 9.88. The van der Waals surface area contributed by atoms with Gasteiger partial charge < -0.3 is 24.8 Å². The molecule has 178 valence electrons. The van der Waals surface area contributed by atoms with Gasteiger partial charge in [0.25, 0.3) is 0 Å². The first-order chi connectivity index (χ1) is 15.2. The summed E-state index contributed by atoms with van der Waals surface area (Å²) in [6.45, 7) is 6.11. The van der Waals surface area contributed by atoms with Crippen LogP contribution in [0, 0.1) is 24.2 Å². The smallest absolute Gasteiger partial charge is 0.191 e. The van der Waals surface area contributed by atoms with Gasteiger partial charge >= 0.3 is 0 Å². The zero-order chi connectivity index (χ0) is 21.3. The Morgan fingerprint density at radius 2 is 2.06 bits per heavy atom. The van der Waals surface area contributed by atoms with Crippen LogP contribution in [0.1, 0.15) is 49.7 Å². The van der Waals surface area contributed by atoms with E-state index in [1.165, 1.54) is 43.2 Å². The molecule has 0 amide bonds. The summed E-state index contributed by atoms with van der Waals surface area (Å²) in [4.78, 5) is 4.55. The Labute approximate surface area is 209 Å². The molecule has 4 fully saturated rings. The maximum atomic E-state index is 6.22. The number of benzene rings is 1. The van der Waals surface area contributed by atoms with Crippen LogP contribution in [0.15, 0.2) is 23.2 Å². The number of halogens is 1. The average molecular weight is 556 g/mol. The van der Waals surface area contributed by atoms with Crippen LogP contribution in [-0.2, 0) is 16.0 Å². The number of nitrogens with one attached hydrogen (secondary N) is 2. The first-order valence-electron chi connectivity index (χ1n) is 12.1. The molecule has 2 heterocycles. The number of hydrogen-bond acceptors (Lipinski definition) is 4. The molecular formula is C25H38IN3O3. The van der Waals surface area contributed by atoms with Crippen molar-refractivity contribution in [2.75, 3.05) is 33.5 Å². The first-order valence-corrected chi connectivity index (χ1v) is 12.1. The Balaban J connectivity index is 0.00000245. The molecule has 1 spiro atoms. The van der Waals surface area contributed by atoms with Gasteiger partial charge in [-0.05, 0) is 44.2 Å². The van der Waals surface area contributed by atoms with Gasteiger partial charge in [-0.1, -0.05) is 25.0 Å². The van der Waals surface area contributed by atoms with Crippen LogP contribution in [0.3, 0.4) is 0 Å². The zero-order valence-corrected chi connectivity index (χ0v) is 21.7. The van der Waals surface area contributed by atoms with Gasteiger partial charge in [0.05, 0.1) is 19.3 Å². The summed E-state index contributed by atoms with van der Waals surface area (Å²) in [5, 5.41) is 7.34. The molecule has 4 unspecified atom stereocenters. The van der Waals surface area contributed by atoms with E-state index in [-0.39, 0.29) is 24.0 Å². The summed E-state index contributed by atoms with van der Waals surface area (Å²) in [5.41, 5.74) is 2.70. The second kappa shape index (κ2) is 10.5. The standard InChI is InChI=1S/C25H37N3O3.HI/c1-17-5-6-19(21(13-17)31-16-18-7-11-29-15-18)14-27-24(26-2)28-22-20-8-12-30-23(20)25(22)9-3-4-10-25;/h5-6,13,18,20,22-23H,3-4,7-12,14-16H2,1-2H3,(H2,26,27,28);1H. The Kier molecular flexibility index (Phi) is 7.88. The fraction of sp³-hybridized carbons (Fsp3) is 0.720. The van der Waals surface area contributed by atoms with Crippen LogP contribution < -0.4 is 15.4 Å². The van der Waals surface area contributed by atoms with E-state index in [1.807, 2.05) is 7.05 Å². The molecule has 0 aromatic heterocycles. The van der Waals surface area contributed by atoms with Crippen molar-refractivity contribution in [2.45, 2.75) is 64.1 Å². The van der Waals surface area contributed by atoms with Crippen LogP contribution in [0.2, 0.25) is 0 Å². The van der Waals surface area contributed by atoms with Crippen LogP contribution in [0.25, 0.3) is 0 Å². The van der Waals surface area contributed by atoms with Crippen molar-refractivity contribution in [3.63, 3.8) is 0 Å². The third-order valence-electron chi connectivity index (χ3n) is 7.97. The summed E-state index contributed by atoms with van der Waals surface area (Å²) >= 11 is 0. The van der Waals surface area contributed by atoms with Crippen LogP contribution in [0.5, 0.6) is 5.75 Å². The number of hydrogen-bond donors (Lipinski definition) is 2. The van der Waals surface area contributed by atoms with E-state index in [1.54, 1.807) is 0 Å². The topological polar surface area (TPSA) is 64.1 Å². The maximum absolute atomic E-state index is 6.22. The molecule has 0 bridgehead atoms. The molecule has 5 rings (SSSR count). The van der Waals surface area contributed by atoms with Crippen molar-refractivity contribution in [3.8, 4) is 5.75 Å². The van der Waals surface area contributed by atoms with E-state index in [9.17, 15) is 0 Å². The SMILES string of the molecule is CN=C(NCc1ccc(C)cc1OCC1CCOC1)NC1C2CCOC2C12CCCC2.I. The predicted molar refractivity (Wildman–Crippen MR) is 137 cm³/mol. The third kappa shape index (κ3) is 4.62. The molecule has 2 aliphatic heterocycles. The van der Waals surface area contributed by atoms with Gasteiger partial charge in [-0.2, -0.15) is 0 Å². The summed E-state index contributed by atoms with van der Waals surface area (Å²) in [5.74, 6) is 2.98. The number of fused-ring (bicyclic) bond motifs is 2. The van der Waals surface area contributed by atoms with Gasteiger partial charge in [0, 0.05) is 55.7 Å². The van der Waals surface area contributed by atoms with E-state index in [2.05, 4.69) is 40.7 Å². The minimum atomic E-state index is 0. The van der Waals surface area contributed by atoms with Gasteiger partial charge in [0.15, 0.2) is 5.96 Å². The molecule has 2 saturated heterocycles. The van der Waals surface area contributed by atoms with E-state index in [0.717, 1.165) is 44.6 Å². The van der Waals surface area contributed by atoms with Gasteiger partial charge in [-0.15, -0.1) is 24.0 Å². The highest BCUT2D eigenvalue weighted by molar-refractivity contribution is 14.0. The normalized spacial score (nSPS) is 30.5. The fourth-order valence-electron chi connectivity index (χ4n) is 6.29. The van der Waals surface area contributed by atoms with Gasteiger partial charge in [0.2, 0.25) is 0 Å². The lowest BCUT2D eigenvalue weighted by Gasteiger charge is -2.57. The fourth-order valence-corrected chi connectivity index (χ4v) is 6.29. The average Bonchev–Trinajstić information content (AvgIpc) is 3.54. The molecular weight excluding hydrogens is 517 g/mol. The zero-order valence-electron chi connectivity index (χ0n) is 19.4. The lowest BCUT2D eigenvalue weighted by atomic mass is 9.54. The van der Waals surface area contributed by atoms with E-state index in [4.69, 9.17) is 14.2 Å². The number of aliphatic imine (C=N–C) groups is 1. The molecule has 4 atom stereocenters. The highest BCUT2D eigenvalue weighted by Gasteiger charge is 2.65. The first kappa shape index (κ1) is 24.1. The molecule has 6 nitrogen and oxygen atoms in total. The van der Waals surface area contributed by atoms with Crippen LogP contribution in [0.4, 0.5) is 0 Å². The largest absolute Gasteiger partial charge is 0.493 e. The van der Waals surface area contributed by atoms with Gasteiger partial charge in [0.1, 0.15) is 5.75 Å². The molecule has 7 heteroatoms. The Morgan fingerprint density at radius 1 is 1.22 bits per heavy atom. The number of nitrogens with zero attached hydrogens (tertiary/aromatic N) is 1. The predicted octanol–water partition coefficient (Wildman–Crippen LogP) is 4.04. The summed E-state index contributed by atoms with van der Waals surface area (Å²) in [6.07, 6.45) is 7.93. The minimum Gasteiger partial charge on any atom is -0.493 e. The summed E-state index contributed by atoms with van der Waals surface area (Å²) < 4.78 is 17.8. The molecule has 0 radical (unpaired) electrons. The summed E-state index contributed by atoms with van der Waals surface area (Å²) in [7, 11) is 1.87. The van der Waals surface area contributed by atoms with Crippen LogP contribution in [-0.4, -0.2) is 51.6 Å². The van der Waals surface area contributed by atoms with E-state index in [0.29, 0.717) is 35.9 Å². The number of aryl methyl sites for hydroxylation is 1. The maximum Gasteiger partial charge on any atom is 0.191 e. The highest BCUT2D eigenvalue weighted by Crippen LogP contribution is 2.60. The van der Waals surface area contributed by atoms with Crippen molar-refractivity contribution >= 4 is 29.9 Å². The van der Waals surface area contributed by atoms with Crippen molar-refractivity contribution in [2.24, 2.45) is 22.2 Å². The molecule has 2 saturated carbocycles. The highest BCUT2D eigenvalue weighted by atomic mass is 127. The lowest BCUT2D eigenvalue weighted by Crippen LogP contribution is -2.69. The third-order valence-corrected chi connectivity index (χ3v) is 7.97. The quantitative estimate of drug-likeness (QED) is 0.315. The molecule has 1 aromatic rings. The molecule has 2 aliphatic carbocycles. The van der Waals surface area contributed by atoms with E-state index < -0.39 is 0 Å². The van der Waals surface area contributed by atoms with Crippen LogP contribution >= 0.6 is 24.0 Å². The Hall–Kier alpha value is -1.06. The van der Waals surface area contributed by atoms with Gasteiger partial charge in [-0.3, -0.25) is 4.99 Å². The lowest BCUT2D eigenvalue weighted by molar-refractivity contribution is -0.125. The summed E-state index contributed by atoms with van der Waals surface area (Å²) in [6, 6.07) is 6.94. The molecule has 2 N–H and O–H groups in total. The monoisotopic (exact) mass is 555 g/mol.